The molecule has 2 rings (SSSR count). The molecule has 1 heterocycles. The highest BCUT2D eigenvalue weighted by molar-refractivity contribution is 5.75. The van der Waals surface area contributed by atoms with Gasteiger partial charge in [0.25, 0.3) is 0 Å². The van der Waals surface area contributed by atoms with Gasteiger partial charge < -0.3 is 4.74 Å². The summed E-state index contributed by atoms with van der Waals surface area (Å²) in [6.45, 7) is 4.99. The van der Waals surface area contributed by atoms with Crippen molar-refractivity contribution in [2.45, 2.75) is 39.2 Å². The summed E-state index contributed by atoms with van der Waals surface area (Å²) < 4.78 is 5.43. The van der Waals surface area contributed by atoms with Gasteiger partial charge in [0, 0.05) is 6.54 Å². The van der Waals surface area contributed by atoms with Crippen molar-refractivity contribution in [3.8, 4) is 0 Å². The van der Waals surface area contributed by atoms with Gasteiger partial charge in [-0.2, -0.15) is 0 Å². The Kier molecular flexibility index (Phi) is 4.61. The van der Waals surface area contributed by atoms with Gasteiger partial charge >= 0.3 is 6.09 Å². The molecule has 1 atom stereocenters. The number of hydrogen-bond acceptors (Lipinski definition) is 2. The summed E-state index contributed by atoms with van der Waals surface area (Å²) in [5.41, 5.74) is 1.07. The maximum Gasteiger partial charge on any atom is 0.415 e. The number of unbranched alkanes of at least 4 members (excludes halogenated alkanes) is 1. The molecule has 19 heavy (non-hydrogen) atoms. The van der Waals surface area contributed by atoms with E-state index in [1.165, 1.54) is 0 Å². The Morgan fingerprint density at radius 2 is 2.00 bits per heavy atom. The second kappa shape index (κ2) is 6.41. The van der Waals surface area contributed by atoms with Crippen molar-refractivity contribution in [2.24, 2.45) is 0 Å². The smallest absolute Gasteiger partial charge is 0.412 e. The zero-order valence-electron chi connectivity index (χ0n) is 11.6. The summed E-state index contributed by atoms with van der Waals surface area (Å²) in [4.78, 5) is 13.8. The van der Waals surface area contributed by atoms with Crippen LogP contribution in [0.1, 0.15) is 38.7 Å². The highest BCUT2D eigenvalue weighted by Crippen LogP contribution is 2.27. The lowest BCUT2D eigenvalue weighted by molar-refractivity contribution is 0.164. The molecule has 1 aromatic carbocycles. The van der Waals surface area contributed by atoms with Gasteiger partial charge in [0.2, 0.25) is 0 Å². The van der Waals surface area contributed by atoms with E-state index in [1.807, 2.05) is 41.3 Å². The Labute approximate surface area is 114 Å². The third-order valence-corrected chi connectivity index (χ3v) is 3.39. The van der Waals surface area contributed by atoms with Crippen molar-refractivity contribution in [3.05, 3.63) is 41.7 Å². The molecular formula is C16H21NO2. The second-order valence-electron chi connectivity index (χ2n) is 4.80. The fourth-order valence-corrected chi connectivity index (χ4v) is 2.34. The Balaban J connectivity index is 2.18. The Bertz CT molecular complexity index is 453. The van der Waals surface area contributed by atoms with E-state index in [0.717, 1.165) is 37.1 Å². The number of nitrogens with zero attached hydrogens (tertiary/aromatic N) is 1. The molecule has 0 aliphatic carbocycles. The number of amides is 1. The van der Waals surface area contributed by atoms with E-state index < -0.39 is 0 Å². The van der Waals surface area contributed by atoms with Crippen molar-refractivity contribution in [1.29, 1.82) is 0 Å². The highest BCUT2D eigenvalue weighted by atomic mass is 16.6. The SMILES string of the molecule is CCCCN1C(=O)O/C(=C/c2ccccc2)C1CC. The quantitative estimate of drug-likeness (QED) is 0.798. The van der Waals surface area contributed by atoms with Crippen LogP contribution in [-0.4, -0.2) is 23.6 Å². The van der Waals surface area contributed by atoms with E-state index in [4.69, 9.17) is 4.74 Å². The average molecular weight is 259 g/mol. The summed E-state index contributed by atoms with van der Waals surface area (Å²) in [5, 5.41) is 0. The lowest BCUT2D eigenvalue weighted by Gasteiger charge is -2.19. The molecule has 1 aliphatic rings. The average Bonchev–Trinajstić information content (AvgIpc) is 2.72. The molecule has 1 amide bonds. The zero-order valence-corrected chi connectivity index (χ0v) is 11.6. The van der Waals surface area contributed by atoms with Crippen molar-refractivity contribution < 1.29 is 9.53 Å². The van der Waals surface area contributed by atoms with Crippen LogP contribution in [0.15, 0.2) is 36.1 Å². The molecule has 0 aromatic heterocycles. The van der Waals surface area contributed by atoms with Gasteiger partial charge in [0.05, 0.1) is 6.04 Å². The van der Waals surface area contributed by atoms with Crippen LogP contribution < -0.4 is 0 Å². The molecule has 3 nitrogen and oxygen atoms in total. The van der Waals surface area contributed by atoms with Gasteiger partial charge in [0.1, 0.15) is 5.76 Å². The van der Waals surface area contributed by atoms with E-state index in [1.54, 1.807) is 0 Å². The third kappa shape index (κ3) is 3.16. The lowest BCUT2D eigenvalue weighted by Crippen LogP contribution is -2.33. The maximum absolute atomic E-state index is 11.9. The van der Waals surface area contributed by atoms with Crippen molar-refractivity contribution in [1.82, 2.24) is 4.90 Å². The van der Waals surface area contributed by atoms with E-state index in [2.05, 4.69) is 13.8 Å². The van der Waals surface area contributed by atoms with Crippen LogP contribution in [0.3, 0.4) is 0 Å². The molecule has 1 saturated heterocycles. The molecule has 102 valence electrons. The lowest BCUT2D eigenvalue weighted by atomic mass is 10.1. The summed E-state index contributed by atoms with van der Waals surface area (Å²) in [6.07, 6.45) is 4.75. The van der Waals surface area contributed by atoms with E-state index in [9.17, 15) is 4.79 Å². The first kappa shape index (κ1) is 13.7. The second-order valence-corrected chi connectivity index (χ2v) is 4.80. The monoisotopic (exact) mass is 259 g/mol. The predicted octanol–water partition coefficient (Wildman–Crippen LogP) is 4.06. The first-order valence-corrected chi connectivity index (χ1v) is 7.01. The van der Waals surface area contributed by atoms with Gasteiger partial charge in [-0.3, -0.25) is 4.90 Å². The van der Waals surface area contributed by atoms with Crippen LogP contribution in [0.2, 0.25) is 0 Å². The molecule has 0 radical (unpaired) electrons. The molecule has 0 saturated carbocycles. The number of cyclic esters (lactones) is 1. The first-order valence-electron chi connectivity index (χ1n) is 7.01. The van der Waals surface area contributed by atoms with Crippen LogP contribution in [0.4, 0.5) is 4.79 Å². The molecule has 1 aliphatic heterocycles. The van der Waals surface area contributed by atoms with Crippen molar-refractivity contribution >= 4 is 12.2 Å². The van der Waals surface area contributed by atoms with Crippen LogP contribution in [-0.2, 0) is 4.74 Å². The molecular weight excluding hydrogens is 238 g/mol. The third-order valence-electron chi connectivity index (χ3n) is 3.39. The zero-order chi connectivity index (χ0) is 13.7. The van der Waals surface area contributed by atoms with Gasteiger partial charge in [-0.05, 0) is 24.5 Å². The number of rotatable bonds is 5. The van der Waals surface area contributed by atoms with Crippen molar-refractivity contribution in [3.63, 3.8) is 0 Å². The molecule has 0 N–H and O–H groups in total. The maximum atomic E-state index is 11.9. The van der Waals surface area contributed by atoms with Gasteiger partial charge in [-0.1, -0.05) is 50.6 Å². The minimum atomic E-state index is -0.206. The van der Waals surface area contributed by atoms with Crippen LogP contribution >= 0.6 is 0 Å². The topological polar surface area (TPSA) is 29.5 Å². The molecule has 3 heteroatoms. The van der Waals surface area contributed by atoms with Gasteiger partial charge in [0.15, 0.2) is 0 Å². The summed E-state index contributed by atoms with van der Waals surface area (Å²) in [7, 11) is 0. The molecule has 0 spiro atoms. The van der Waals surface area contributed by atoms with Crippen LogP contribution in [0.5, 0.6) is 0 Å². The highest BCUT2D eigenvalue weighted by Gasteiger charge is 2.35. The first-order chi connectivity index (χ1) is 9.26. The molecule has 1 fully saturated rings. The molecule has 1 unspecified atom stereocenters. The fourth-order valence-electron chi connectivity index (χ4n) is 2.34. The standard InChI is InChI=1S/C16H21NO2/c1-3-5-11-17-14(4-2)15(19-16(17)18)12-13-9-7-6-8-10-13/h6-10,12,14H,3-5,11H2,1-2H3/b15-12+. The van der Waals surface area contributed by atoms with E-state index >= 15 is 0 Å². The van der Waals surface area contributed by atoms with E-state index in [0.29, 0.717) is 0 Å². The van der Waals surface area contributed by atoms with E-state index in [-0.39, 0.29) is 12.1 Å². The molecule has 0 bridgehead atoms. The number of carbonyl (C=O) groups is 1. The summed E-state index contributed by atoms with van der Waals surface area (Å²) in [5.74, 6) is 0.773. The largest absolute Gasteiger partial charge is 0.415 e. The number of ether oxygens (including phenoxy) is 1. The Hall–Kier alpha value is -1.77. The Morgan fingerprint density at radius 3 is 2.63 bits per heavy atom. The number of benzene rings is 1. The van der Waals surface area contributed by atoms with Crippen LogP contribution in [0, 0.1) is 0 Å². The number of hydrogen-bond donors (Lipinski definition) is 0. The minimum absolute atomic E-state index is 0.0826. The van der Waals surface area contributed by atoms with Gasteiger partial charge in [-0.25, -0.2) is 4.79 Å². The van der Waals surface area contributed by atoms with Crippen LogP contribution in [0.25, 0.3) is 6.08 Å². The normalized spacial score (nSPS) is 20.9. The van der Waals surface area contributed by atoms with Crippen molar-refractivity contribution in [2.75, 3.05) is 6.54 Å². The fraction of sp³-hybridized carbons (Fsp3) is 0.438. The molecule has 1 aromatic rings. The number of carbonyl (C=O) groups excluding carboxylic acids is 1. The summed E-state index contributed by atoms with van der Waals surface area (Å²) in [6, 6.07) is 10.1. The predicted molar refractivity (Wildman–Crippen MR) is 76.6 cm³/mol. The summed E-state index contributed by atoms with van der Waals surface area (Å²) >= 11 is 0. The Morgan fingerprint density at radius 1 is 1.26 bits per heavy atom. The minimum Gasteiger partial charge on any atom is -0.412 e. The van der Waals surface area contributed by atoms with Gasteiger partial charge in [-0.15, -0.1) is 0 Å².